The molecule has 10 aromatic rings. The maximum atomic E-state index is 14.4. The highest BCUT2D eigenvalue weighted by molar-refractivity contribution is 5.83. The molecule has 0 saturated heterocycles. The summed E-state index contributed by atoms with van der Waals surface area (Å²) >= 11 is 0. The van der Waals surface area contributed by atoms with Crippen molar-refractivity contribution in [3.63, 3.8) is 0 Å². The normalized spacial score (nSPS) is 11.5. The van der Waals surface area contributed by atoms with Gasteiger partial charge in [0.2, 0.25) is 11.8 Å². The fourth-order valence-electron chi connectivity index (χ4n) is 8.81. The number of carbonyl (C=O) groups is 1. The number of para-hydroxylation sites is 2. The lowest BCUT2D eigenvalue weighted by Gasteiger charge is -2.27. The van der Waals surface area contributed by atoms with E-state index in [0.717, 1.165) is 44.5 Å². The number of ether oxygens (including phenoxy) is 4. The van der Waals surface area contributed by atoms with Crippen molar-refractivity contribution in [1.82, 2.24) is 29.5 Å². The second-order valence-electron chi connectivity index (χ2n) is 19.2. The number of pyridine rings is 2. The highest BCUT2D eigenvalue weighted by atomic mass is 16.7. The number of carbonyl (C=O) groups excluding carboxylic acids is 1. The fourth-order valence-corrected chi connectivity index (χ4v) is 8.81. The topological polar surface area (TPSA) is 115 Å². The van der Waals surface area contributed by atoms with Crippen LogP contribution in [-0.4, -0.2) is 35.7 Å². The maximum absolute atomic E-state index is 14.4. The van der Waals surface area contributed by atoms with Crippen LogP contribution in [0.25, 0.3) is 56.4 Å². The number of rotatable bonds is 12. The molecule has 72 heavy (non-hydrogen) atoms. The molecular formula is C61H52N6O5. The Morgan fingerprint density at radius 3 is 1.11 bits per heavy atom. The summed E-state index contributed by atoms with van der Waals surface area (Å²) in [5.74, 6) is 3.75. The zero-order chi connectivity index (χ0) is 49.8. The van der Waals surface area contributed by atoms with Crippen molar-refractivity contribution in [2.75, 3.05) is 0 Å². The van der Waals surface area contributed by atoms with Crippen LogP contribution < -0.4 is 18.9 Å². The third-order valence-electron chi connectivity index (χ3n) is 11.9. The van der Waals surface area contributed by atoms with Crippen LogP contribution in [0.3, 0.4) is 0 Å². The second kappa shape index (κ2) is 19.7. The Hall–Kier alpha value is -9.09. The molecule has 0 aliphatic carbocycles. The first-order valence-electron chi connectivity index (χ1n) is 23.7. The van der Waals surface area contributed by atoms with Gasteiger partial charge in [-0.15, -0.1) is 0 Å². The Balaban J connectivity index is 1.07. The molecule has 356 valence electrons. The molecular weight excluding hydrogens is 897 g/mol. The summed E-state index contributed by atoms with van der Waals surface area (Å²) in [6, 6.07) is 62.2. The molecule has 0 bridgehead atoms. The predicted octanol–water partition coefficient (Wildman–Crippen LogP) is 15.3. The third-order valence-corrected chi connectivity index (χ3v) is 11.9. The van der Waals surface area contributed by atoms with Crippen LogP contribution in [0.1, 0.15) is 52.7 Å². The van der Waals surface area contributed by atoms with E-state index in [0.29, 0.717) is 46.0 Å². The monoisotopic (exact) mass is 948 g/mol. The van der Waals surface area contributed by atoms with E-state index in [1.165, 1.54) is 9.36 Å². The average molecular weight is 949 g/mol. The first-order chi connectivity index (χ1) is 34.9. The van der Waals surface area contributed by atoms with E-state index in [2.05, 4.69) is 75.8 Å². The molecule has 0 aliphatic rings. The van der Waals surface area contributed by atoms with E-state index in [-0.39, 0.29) is 11.8 Å². The van der Waals surface area contributed by atoms with Gasteiger partial charge in [-0.2, -0.15) is 19.6 Å². The Morgan fingerprint density at radius 1 is 0.417 bits per heavy atom. The predicted molar refractivity (Wildman–Crippen MR) is 282 cm³/mol. The Labute approximate surface area is 418 Å². The summed E-state index contributed by atoms with van der Waals surface area (Å²) in [5, 5.41) is 10.1. The average Bonchev–Trinajstić information content (AvgIpc) is 4.01. The minimum Gasteiger partial charge on any atom is -0.456 e. The molecule has 0 unspecified atom stereocenters. The van der Waals surface area contributed by atoms with Crippen LogP contribution in [0.5, 0.6) is 34.8 Å². The van der Waals surface area contributed by atoms with E-state index in [1.54, 1.807) is 36.7 Å². The molecule has 11 nitrogen and oxygen atoms in total. The van der Waals surface area contributed by atoms with Crippen molar-refractivity contribution in [1.29, 1.82) is 0 Å². The van der Waals surface area contributed by atoms with Crippen LogP contribution in [0, 0.1) is 0 Å². The molecule has 0 amide bonds. The Morgan fingerprint density at radius 2 is 0.764 bits per heavy atom. The standard InChI is InChI=1S/C61H52N6O5/c1-60(2,3)55-47(35-33-45(41-23-11-7-12-24-41)57(55)69-43-27-15-9-16-28-43)49-39-53(66(64-49)51-31-19-21-37-62-51)71-59(68)72-54-40-50(65-67(54)52-32-20-22-38-63-52)48-36-34-46(42-25-13-8-14-26-42)58(56(48)61(4,5)6)70-44-29-17-10-18-30-44/h7-40H,1-6H3. The summed E-state index contributed by atoms with van der Waals surface area (Å²) in [6.45, 7) is 12.8. The number of aromatic nitrogens is 6. The molecule has 4 heterocycles. The highest BCUT2D eigenvalue weighted by Gasteiger charge is 2.32. The first-order valence-corrected chi connectivity index (χ1v) is 23.7. The number of benzene rings is 6. The van der Waals surface area contributed by atoms with Crippen LogP contribution in [0.2, 0.25) is 0 Å². The van der Waals surface area contributed by atoms with Crippen LogP contribution >= 0.6 is 0 Å². The molecule has 6 aromatic carbocycles. The zero-order valence-corrected chi connectivity index (χ0v) is 40.9. The van der Waals surface area contributed by atoms with Crippen LogP contribution in [0.4, 0.5) is 4.79 Å². The Bertz CT molecular complexity index is 3250. The largest absolute Gasteiger partial charge is 0.522 e. The third kappa shape index (κ3) is 9.86. The van der Waals surface area contributed by atoms with E-state index in [4.69, 9.17) is 29.1 Å². The molecule has 0 radical (unpaired) electrons. The summed E-state index contributed by atoms with van der Waals surface area (Å²) < 4.78 is 29.0. The summed E-state index contributed by atoms with van der Waals surface area (Å²) in [7, 11) is 0. The minimum atomic E-state index is -1.03. The van der Waals surface area contributed by atoms with Gasteiger partial charge in [-0.3, -0.25) is 0 Å². The molecule has 11 heteroatoms. The van der Waals surface area contributed by atoms with Gasteiger partial charge in [0.15, 0.2) is 11.6 Å². The van der Waals surface area contributed by atoms with Crippen molar-refractivity contribution in [3.8, 4) is 91.2 Å². The van der Waals surface area contributed by atoms with Crippen molar-refractivity contribution >= 4 is 6.16 Å². The van der Waals surface area contributed by atoms with Gasteiger partial charge in [-0.25, -0.2) is 14.8 Å². The quantitative estimate of drug-likeness (QED) is 0.110. The van der Waals surface area contributed by atoms with Gasteiger partial charge in [0.25, 0.3) is 0 Å². The highest BCUT2D eigenvalue weighted by Crippen LogP contribution is 2.49. The molecule has 0 saturated carbocycles. The lowest BCUT2D eigenvalue weighted by molar-refractivity contribution is 0.145. The summed E-state index contributed by atoms with van der Waals surface area (Å²) in [5.41, 5.74) is 7.34. The van der Waals surface area contributed by atoms with E-state index < -0.39 is 17.0 Å². The molecule has 0 aliphatic heterocycles. The number of nitrogens with zero attached hydrogens (tertiary/aromatic N) is 6. The van der Waals surface area contributed by atoms with Gasteiger partial charge in [-0.05, 0) is 82.6 Å². The molecule has 0 spiro atoms. The number of hydrogen-bond acceptors (Lipinski definition) is 9. The van der Waals surface area contributed by atoms with E-state index in [1.807, 2.05) is 146 Å². The van der Waals surface area contributed by atoms with Crippen LogP contribution in [0.15, 0.2) is 207 Å². The molecule has 0 N–H and O–H groups in total. The SMILES string of the molecule is CC(C)(C)c1c(-c2cc(OC(=O)Oc3cc(-c4ccc(-c5ccccc5)c(Oc5ccccc5)c4C(C)(C)C)nn3-c3ccccn3)n(-c3ccccn3)n2)ccc(-c2ccccc2)c1Oc1ccccc1. The van der Waals surface area contributed by atoms with Crippen molar-refractivity contribution < 1.29 is 23.7 Å². The van der Waals surface area contributed by atoms with Gasteiger partial charge >= 0.3 is 6.16 Å². The molecule has 0 atom stereocenters. The van der Waals surface area contributed by atoms with Crippen molar-refractivity contribution in [3.05, 3.63) is 218 Å². The van der Waals surface area contributed by atoms with Gasteiger partial charge < -0.3 is 18.9 Å². The minimum absolute atomic E-state index is 0.0737. The molecule has 4 aromatic heterocycles. The number of hydrogen-bond donors (Lipinski definition) is 0. The molecule has 0 fully saturated rings. The van der Waals surface area contributed by atoms with Gasteiger partial charge in [-0.1, -0.05) is 163 Å². The lowest BCUT2D eigenvalue weighted by Crippen LogP contribution is -2.18. The van der Waals surface area contributed by atoms with E-state index in [9.17, 15) is 4.79 Å². The van der Waals surface area contributed by atoms with Gasteiger partial charge in [0.05, 0.1) is 11.4 Å². The van der Waals surface area contributed by atoms with Gasteiger partial charge in [0, 0.05) is 57.9 Å². The fraction of sp³-hybridized carbons (Fsp3) is 0.131. The van der Waals surface area contributed by atoms with Crippen molar-refractivity contribution in [2.45, 2.75) is 52.4 Å². The molecule has 10 rings (SSSR count). The van der Waals surface area contributed by atoms with Gasteiger partial charge in [0.1, 0.15) is 23.0 Å². The van der Waals surface area contributed by atoms with E-state index >= 15 is 0 Å². The summed E-state index contributed by atoms with van der Waals surface area (Å²) in [6.07, 6.45) is 2.28. The van der Waals surface area contributed by atoms with Crippen LogP contribution in [-0.2, 0) is 10.8 Å². The zero-order valence-electron chi connectivity index (χ0n) is 40.9. The Kier molecular flexibility index (Phi) is 12.8. The lowest BCUT2D eigenvalue weighted by atomic mass is 9.80. The maximum Gasteiger partial charge on any atom is 0.522 e. The summed E-state index contributed by atoms with van der Waals surface area (Å²) in [4.78, 5) is 23.6. The first kappa shape index (κ1) is 46.6. The smallest absolute Gasteiger partial charge is 0.456 e. The van der Waals surface area contributed by atoms with Crippen molar-refractivity contribution in [2.24, 2.45) is 0 Å². The second-order valence-corrected chi connectivity index (χ2v) is 19.2.